The third-order valence-corrected chi connectivity index (χ3v) is 4.86. The molecule has 1 saturated heterocycles. The zero-order valence-electron chi connectivity index (χ0n) is 15.0. The van der Waals surface area contributed by atoms with Gasteiger partial charge in [0.15, 0.2) is 11.9 Å². The van der Waals surface area contributed by atoms with Crippen molar-refractivity contribution < 1.29 is 23.9 Å². The molecule has 138 valence electrons. The van der Waals surface area contributed by atoms with Gasteiger partial charge in [0.05, 0.1) is 5.69 Å². The van der Waals surface area contributed by atoms with E-state index in [1.807, 2.05) is 0 Å². The fourth-order valence-electron chi connectivity index (χ4n) is 3.21. The number of ether oxygens (including phenoxy) is 1. The number of anilines is 1. The Balaban J connectivity index is 1.63. The standard InChI is InChI=1S/C19H22N2O5/c1-12-19(25)20(2)15-11-13(3-5-17(15)26-12)16(23)4-6-18(24)21-9-7-14(22)8-10-21/h3,5,11-12H,4,6-10H2,1-2H3. The van der Waals surface area contributed by atoms with Crippen LogP contribution in [0.3, 0.4) is 0 Å². The van der Waals surface area contributed by atoms with Crippen LogP contribution in [-0.2, 0) is 14.4 Å². The van der Waals surface area contributed by atoms with E-state index in [4.69, 9.17) is 4.74 Å². The third kappa shape index (κ3) is 3.61. The number of nitrogens with zero attached hydrogens (tertiary/aromatic N) is 2. The third-order valence-electron chi connectivity index (χ3n) is 4.86. The van der Waals surface area contributed by atoms with Gasteiger partial charge in [-0.1, -0.05) is 0 Å². The highest BCUT2D eigenvalue weighted by molar-refractivity contribution is 6.03. The van der Waals surface area contributed by atoms with Crippen molar-refractivity contribution in [2.24, 2.45) is 0 Å². The second kappa shape index (κ2) is 7.27. The molecular weight excluding hydrogens is 336 g/mol. The van der Waals surface area contributed by atoms with E-state index in [0.29, 0.717) is 42.9 Å². The lowest BCUT2D eigenvalue weighted by atomic mass is 10.0. The van der Waals surface area contributed by atoms with Gasteiger partial charge in [-0.15, -0.1) is 0 Å². The molecule has 1 aromatic carbocycles. The van der Waals surface area contributed by atoms with Crippen LogP contribution in [-0.4, -0.2) is 54.5 Å². The van der Waals surface area contributed by atoms with Crippen molar-refractivity contribution in [3.63, 3.8) is 0 Å². The summed E-state index contributed by atoms with van der Waals surface area (Å²) in [5, 5.41) is 0. The van der Waals surface area contributed by atoms with E-state index in [9.17, 15) is 19.2 Å². The Hall–Kier alpha value is -2.70. The summed E-state index contributed by atoms with van der Waals surface area (Å²) in [5.41, 5.74) is 1.00. The van der Waals surface area contributed by atoms with Gasteiger partial charge in [-0.25, -0.2) is 0 Å². The highest BCUT2D eigenvalue weighted by atomic mass is 16.5. The summed E-state index contributed by atoms with van der Waals surface area (Å²) in [6.45, 7) is 2.56. The fourth-order valence-corrected chi connectivity index (χ4v) is 3.21. The molecule has 3 rings (SSSR count). The summed E-state index contributed by atoms with van der Waals surface area (Å²) in [5.74, 6) is 0.304. The molecule has 1 atom stereocenters. The van der Waals surface area contributed by atoms with Gasteiger partial charge in [0.25, 0.3) is 5.91 Å². The molecule has 0 aliphatic carbocycles. The molecule has 26 heavy (non-hydrogen) atoms. The normalized spacial score (nSPS) is 19.8. The van der Waals surface area contributed by atoms with Gasteiger partial charge in [-0.3, -0.25) is 19.2 Å². The second-order valence-corrected chi connectivity index (χ2v) is 6.68. The molecule has 1 unspecified atom stereocenters. The number of carbonyl (C=O) groups excluding carboxylic acids is 4. The molecule has 2 amide bonds. The van der Waals surface area contributed by atoms with E-state index in [1.165, 1.54) is 4.90 Å². The average molecular weight is 358 g/mol. The Morgan fingerprint density at radius 1 is 1.15 bits per heavy atom. The summed E-state index contributed by atoms with van der Waals surface area (Å²) in [6, 6.07) is 4.97. The molecule has 0 radical (unpaired) electrons. The predicted octanol–water partition coefficient (Wildman–Crippen LogP) is 1.58. The minimum atomic E-state index is -0.553. The van der Waals surface area contributed by atoms with E-state index >= 15 is 0 Å². The smallest absolute Gasteiger partial charge is 0.267 e. The first-order valence-electron chi connectivity index (χ1n) is 8.78. The summed E-state index contributed by atoms with van der Waals surface area (Å²) in [4.78, 5) is 51.0. The minimum absolute atomic E-state index is 0.0942. The number of fused-ring (bicyclic) bond motifs is 1. The van der Waals surface area contributed by atoms with E-state index < -0.39 is 6.10 Å². The van der Waals surface area contributed by atoms with Gasteiger partial charge in [0, 0.05) is 51.4 Å². The number of Topliss-reactive ketones (excluding diaryl/α,β-unsaturated/α-hetero) is 2. The van der Waals surface area contributed by atoms with Gasteiger partial charge in [-0.2, -0.15) is 0 Å². The van der Waals surface area contributed by atoms with Crippen molar-refractivity contribution in [2.75, 3.05) is 25.0 Å². The lowest BCUT2D eigenvalue weighted by Crippen LogP contribution is -2.42. The number of amides is 2. The molecule has 7 nitrogen and oxygen atoms in total. The van der Waals surface area contributed by atoms with Crippen molar-refractivity contribution >= 4 is 29.1 Å². The molecule has 0 spiro atoms. The average Bonchev–Trinajstić information content (AvgIpc) is 2.64. The number of likely N-dealkylation sites (tertiary alicyclic amines) is 1. The Kier molecular flexibility index (Phi) is 5.06. The number of piperidine rings is 1. The van der Waals surface area contributed by atoms with E-state index in [0.717, 1.165) is 0 Å². The highest BCUT2D eigenvalue weighted by Crippen LogP contribution is 2.34. The Bertz CT molecular complexity index is 763. The van der Waals surface area contributed by atoms with Crippen LogP contribution >= 0.6 is 0 Å². The first kappa shape index (κ1) is 18.1. The maximum atomic E-state index is 12.5. The number of rotatable bonds is 4. The number of ketones is 2. The first-order valence-corrected chi connectivity index (χ1v) is 8.78. The van der Waals surface area contributed by atoms with Crippen molar-refractivity contribution in [3.8, 4) is 5.75 Å². The molecular formula is C19H22N2O5. The SMILES string of the molecule is CC1Oc2ccc(C(=O)CCC(=O)N3CCC(=O)CC3)cc2N(C)C1=O. The van der Waals surface area contributed by atoms with Crippen LogP contribution in [0.25, 0.3) is 0 Å². The Labute approximate surface area is 151 Å². The number of carbonyl (C=O) groups is 4. The fraction of sp³-hybridized carbons (Fsp3) is 0.474. The summed E-state index contributed by atoms with van der Waals surface area (Å²) < 4.78 is 5.54. The van der Waals surface area contributed by atoms with E-state index in [1.54, 1.807) is 37.1 Å². The molecule has 0 saturated carbocycles. The molecule has 7 heteroatoms. The Morgan fingerprint density at radius 2 is 1.85 bits per heavy atom. The number of benzene rings is 1. The van der Waals surface area contributed by atoms with Crippen LogP contribution < -0.4 is 9.64 Å². The molecule has 1 fully saturated rings. The van der Waals surface area contributed by atoms with Crippen LogP contribution in [0.4, 0.5) is 5.69 Å². The van der Waals surface area contributed by atoms with Gasteiger partial charge in [-0.05, 0) is 25.1 Å². The molecule has 0 aromatic heterocycles. The van der Waals surface area contributed by atoms with Crippen molar-refractivity contribution in [1.82, 2.24) is 4.90 Å². The van der Waals surface area contributed by atoms with E-state index in [-0.39, 0.29) is 36.2 Å². The first-order chi connectivity index (χ1) is 12.4. The van der Waals surface area contributed by atoms with Crippen molar-refractivity contribution in [1.29, 1.82) is 0 Å². The lowest BCUT2D eigenvalue weighted by molar-refractivity contribution is -0.134. The Morgan fingerprint density at radius 3 is 2.54 bits per heavy atom. The summed E-state index contributed by atoms with van der Waals surface area (Å²) >= 11 is 0. The topological polar surface area (TPSA) is 84.0 Å². The molecule has 0 bridgehead atoms. The lowest BCUT2D eigenvalue weighted by Gasteiger charge is -2.30. The van der Waals surface area contributed by atoms with Crippen LogP contribution in [0, 0.1) is 0 Å². The molecule has 2 aliphatic rings. The van der Waals surface area contributed by atoms with Crippen molar-refractivity contribution in [2.45, 2.75) is 38.7 Å². The van der Waals surface area contributed by atoms with E-state index in [2.05, 4.69) is 0 Å². The van der Waals surface area contributed by atoms with Gasteiger partial charge >= 0.3 is 0 Å². The maximum absolute atomic E-state index is 12.5. The number of hydrogen-bond acceptors (Lipinski definition) is 5. The predicted molar refractivity (Wildman–Crippen MR) is 94.3 cm³/mol. The second-order valence-electron chi connectivity index (χ2n) is 6.68. The van der Waals surface area contributed by atoms with Crippen LogP contribution in [0.5, 0.6) is 5.75 Å². The minimum Gasteiger partial charge on any atom is -0.479 e. The largest absolute Gasteiger partial charge is 0.479 e. The summed E-state index contributed by atoms with van der Waals surface area (Å²) in [6.07, 6.45) is 0.443. The van der Waals surface area contributed by atoms with Crippen LogP contribution in [0.15, 0.2) is 18.2 Å². The maximum Gasteiger partial charge on any atom is 0.267 e. The molecule has 1 aromatic rings. The zero-order valence-corrected chi connectivity index (χ0v) is 15.0. The van der Waals surface area contributed by atoms with Crippen molar-refractivity contribution in [3.05, 3.63) is 23.8 Å². The molecule has 0 N–H and O–H groups in total. The van der Waals surface area contributed by atoms with Gasteiger partial charge < -0.3 is 14.5 Å². The monoisotopic (exact) mass is 358 g/mol. The molecule has 2 heterocycles. The quantitative estimate of drug-likeness (QED) is 0.763. The van der Waals surface area contributed by atoms with Gasteiger partial charge in [0.1, 0.15) is 11.5 Å². The summed E-state index contributed by atoms with van der Waals surface area (Å²) in [7, 11) is 1.65. The highest BCUT2D eigenvalue weighted by Gasteiger charge is 2.29. The number of hydrogen-bond donors (Lipinski definition) is 0. The number of likely N-dealkylation sites (N-methyl/N-ethyl adjacent to an activating group) is 1. The molecule has 2 aliphatic heterocycles. The van der Waals surface area contributed by atoms with Gasteiger partial charge in [0.2, 0.25) is 5.91 Å². The van der Waals surface area contributed by atoms with Crippen LogP contribution in [0.2, 0.25) is 0 Å². The van der Waals surface area contributed by atoms with Crippen LogP contribution in [0.1, 0.15) is 43.0 Å². The zero-order chi connectivity index (χ0) is 18.8.